The molecule has 2 aromatic rings. The molecule has 0 unspecified atom stereocenters. The Bertz CT molecular complexity index is 448. The molecule has 2 nitrogen and oxygen atoms in total. The number of nitrogens with one attached hydrogen (secondary N) is 2. The van der Waals surface area contributed by atoms with Gasteiger partial charge in [-0.3, -0.25) is 0 Å². The Labute approximate surface area is 94.6 Å². The minimum absolute atomic E-state index is 0.823. The number of hydrogen-bond donors (Lipinski definition) is 2. The van der Waals surface area contributed by atoms with Crippen molar-refractivity contribution in [2.75, 3.05) is 13.6 Å². The van der Waals surface area contributed by atoms with Crippen molar-refractivity contribution in [1.29, 1.82) is 0 Å². The van der Waals surface area contributed by atoms with Gasteiger partial charge in [-0.05, 0) is 44.6 Å². The van der Waals surface area contributed by atoms with E-state index in [0.717, 1.165) is 35.3 Å². The van der Waals surface area contributed by atoms with Crippen molar-refractivity contribution in [3.05, 3.63) is 35.0 Å². The summed E-state index contributed by atoms with van der Waals surface area (Å²) in [5.74, 6) is 0. The van der Waals surface area contributed by atoms with Gasteiger partial charge < -0.3 is 10.3 Å². The minimum Gasteiger partial charge on any atom is -0.358 e. The Balaban J connectivity index is 2.20. The van der Waals surface area contributed by atoms with Crippen LogP contribution in [0.5, 0.6) is 0 Å². The molecule has 2 N–H and O–H groups in total. The highest BCUT2D eigenvalue weighted by molar-refractivity contribution is 6.35. The van der Waals surface area contributed by atoms with Crippen LogP contribution in [-0.2, 0) is 6.42 Å². The number of benzene rings is 1. The van der Waals surface area contributed by atoms with Gasteiger partial charge in [0.2, 0.25) is 0 Å². The normalized spacial score (nSPS) is 11.1. The largest absolute Gasteiger partial charge is 0.358 e. The summed E-state index contributed by atoms with van der Waals surface area (Å²) >= 11 is 6.10. The highest BCUT2D eigenvalue weighted by Crippen LogP contribution is 2.24. The molecule has 0 atom stereocenters. The third kappa shape index (κ3) is 2.33. The molecule has 0 saturated heterocycles. The average molecular weight is 223 g/mol. The predicted octanol–water partition coefficient (Wildman–Crippen LogP) is 2.97. The molecule has 0 saturated carbocycles. The van der Waals surface area contributed by atoms with Crippen LogP contribution in [0.25, 0.3) is 10.9 Å². The zero-order valence-corrected chi connectivity index (χ0v) is 9.56. The number of aryl methyl sites for hydroxylation is 1. The van der Waals surface area contributed by atoms with Gasteiger partial charge in [0.15, 0.2) is 0 Å². The van der Waals surface area contributed by atoms with Gasteiger partial charge >= 0.3 is 0 Å². The maximum Gasteiger partial charge on any atom is 0.0499 e. The molecule has 0 aliphatic carbocycles. The minimum atomic E-state index is 0.823. The zero-order valence-electron chi connectivity index (χ0n) is 8.81. The van der Waals surface area contributed by atoms with Crippen LogP contribution in [0.1, 0.15) is 12.1 Å². The Morgan fingerprint density at radius 3 is 3.00 bits per heavy atom. The van der Waals surface area contributed by atoms with E-state index in [1.807, 2.05) is 19.2 Å². The molecule has 1 heterocycles. The summed E-state index contributed by atoms with van der Waals surface area (Å²) in [5, 5.41) is 5.09. The summed E-state index contributed by atoms with van der Waals surface area (Å²) in [7, 11) is 1.97. The molecule has 15 heavy (non-hydrogen) atoms. The lowest BCUT2D eigenvalue weighted by atomic mass is 10.2. The van der Waals surface area contributed by atoms with Crippen LogP contribution < -0.4 is 5.32 Å². The summed E-state index contributed by atoms with van der Waals surface area (Å²) in [6, 6.07) is 8.10. The van der Waals surface area contributed by atoms with E-state index in [1.165, 1.54) is 5.69 Å². The highest BCUT2D eigenvalue weighted by atomic mass is 35.5. The van der Waals surface area contributed by atoms with E-state index in [-0.39, 0.29) is 0 Å². The molecule has 0 fully saturated rings. The van der Waals surface area contributed by atoms with Crippen molar-refractivity contribution in [1.82, 2.24) is 10.3 Å². The molecule has 0 spiro atoms. The lowest BCUT2D eigenvalue weighted by Gasteiger charge is -1.96. The number of hydrogen-bond acceptors (Lipinski definition) is 1. The number of aromatic nitrogens is 1. The summed E-state index contributed by atoms with van der Waals surface area (Å²) in [6.07, 6.45) is 2.20. The lowest BCUT2D eigenvalue weighted by molar-refractivity contribution is 0.718. The van der Waals surface area contributed by atoms with Gasteiger partial charge in [-0.25, -0.2) is 0 Å². The van der Waals surface area contributed by atoms with Crippen LogP contribution in [-0.4, -0.2) is 18.6 Å². The van der Waals surface area contributed by atoms with Gasteiger partial charge in [-0.1, -0.05) is 17.7 Å². The Morgan fingerprint density at radius 1 is 1.40 bits per heavy atom. The second kappa shape index (κ2) is 4.69. The molecule has 0 amide bonds. The molecule has 1 aromatic heterocycles. The molecular formula is C12H15ClN2. The number of H-pyrrole nitrogens is 1. The van der Waals surface area contributed by atoms with Gasteiger partial charge in [-0.15, -0.1) is 0 Å². The number of rotatable bonds is 4. The third-order valence-electron chi connectivity index (χ3n) is 2.54. The van der Waals surface area contributed by atoms with Crippen molar-refractivity contribution in [2.24, 2.45) is 0 Å². The lowest BCUT2D eigenvalue weighted by Crippen LogP contribution is -2.08. The Morgan fingerprint density at radius 2 is 2.27 bits per heavy atom. The van der Waals surface area contributed by atoms with Gasteiger partial charge in [0.25, 0.3) is 0 Å². The molecule has 80 valence electrons. The number of halogens is 1. The van der Waals surface area contributed by atoms with Crippen LogP contribution in [0.3, 0.4) is 0 Å². The molecular weight excluding hydrogens is 208 g/mol. The Hall–Kier alpha value is -0.990. The fourth-order valence-electron chi connectivity index (χ4n) is 1.77. The van der Waals surface area contributed by atoms with E-state index in [2.05, 4.69) is 22.4 Å². The first-order valence-electron chi connectivity index (χ1n) is 5.22. The van der Waals surface area contributed by atoms with Crippen molar-refractivity contribution in [2.45, 2.75) is 12.8 Å². The van der Waals surface area contributed by atoms with Gasteiger partial charge in [0, 0.05) is 21.6 Å². The molecule has 0 aliphatic rings. The van der Waals surface area contributed by atoms with Crippen molar-refractivity contribution >= 4 is 22.5 Å². The Kier molecular flexibility index (Phi) is 3.29. The van der Waals surface area contributed by atoms with E-state index in [4.69, 9.17) is 11.6 Å². The molecule has 2 rings (SSSR count). The van der Waals surface area contributed by atoms with Gasteiger partial charge in [0.05, 0.1) is 0 Å². The maximum absolute atomic E-state index is 6.10. The van der Waals surface area contributed by atoms with Crippen LogP contribution in [0.4, 0.5) is 0 Å². The topological polar surface area (TPSA) is 27.8 Å². The van der Waals surface area contributed by atoms with E-state index in [1.54, 1.807) is 0 Å². The molecule has 0 aliphatic heterocycles. The summed E-state index contributed by atoms with van der Waals surface area (Å²) < 4.78 is 0. The van der Waals surface area contributed by atoms with Crippen LogP contribution >= 0.6 is 11.6 Å². The van der Waals surface area contributed by atoms with Crippen molar-refractivity contribution < 1.29 is 0 Å². The second-order valence-corrected chi connectivity index (χ2v) is 4.11. The van der Waals surface area contributed by atoms with E-state index >= 15 is 0 Å². The summed E-state index contributed by atoms with van der Waals surface area (Å²) in [5.41, 5.74) is 2.38. The predicted molar refractivity (Wildman–Crippen MR) is 65.6 cm³/mol. The molecule has 1 aromatic carbocycles. The van der Waals surface area contributed by atoms with Crippen LogP contribution in [0.2, 0.25) is 5.02 Å². The van der Waals surface area contributed by atoms with Crippen LogP contribution in [0.15, 0.2) is 24.3 Å². The second-order valence-electron chi connectivity index (χ2n) is 3.70. The van der Waals surface area contributed by atoms with Gasteiger partial charge in [0.1, 0.15) is 0 Å². The monoisotopic (exact) mass is 222 g/mol. The van der Waals surface area contributed by atoms with Crippen molar-refractivity contribution in [3.63, 3.8) is 0 Å². The summed E-state index contributed by atoms with van der Waals surface area (Å²) in [6.45, 7) is 1.04. The van der Waals surface area contributed by atoms with E-state index < -0.39 is 0 Å². The molecule has 0 radical (unpaired) electrons. The van der Waals surface area contributed by atoms with Crippen molar-refractivity contribution in [3.8, 4) is 0 Å². The zero-order chi connectivity index (χ0) is 10.7. The highest BCUT2D eigenvalue weighted by Gasteiger charge is 2.03. The standard InChI is InChI=1S/C12H15ClN2/c1-14-7-3-4-9-8-10-11(13)5-2-6-12(10)15-9/h2,5-6,8,14-15H,3-4,7H2,1H3. The third-order valence-corrected chi connectivity index (χ3v) is 2.87. The first kappa shape index (κ1) is 10.5. The fourth-order valence-corrected chi connectivity index (χ4v) is 2.00. The van der Waals surface area contributed by atoms with Gasteiger partial charge in [-0.2, -0.15) is 0 Å². The maximum atomic E-state index is 6.10. The fraction of sp³-hybridized carbons (Fsp3) is 0.333. The molecule has 3 heteroatoms. The first-order valence-corrected chi connectivity index (χ1v) is 5.60. The number of fused-ring (bicyclic) bond motifs is 1. The number of aromatic amines is 1. The molecule has 0 bridgehead atoms. The van der Waals surface area contributed by atoms with E-state index in [0.29, 0.717) is 0 Å². The van der Waals surface area contributed by atoms with E-state index in [9.17, 15) is 0 Å². The summed E-state index contributed by atoms with van der Waals surface area (Å²) in [4.78, 5) is 3.38. The SMILES string of the molecule is CNCCCc1cc2c(Cl)cccc2[nH]1. The average Bonchev–Trinajstić information content (AvgIpc) is 2.63. The first-order chi connectivity index (χ1) is 7.31. The quantitative estimate of drug-likeness (QED) is 0.765. The van der Waals surface area contributed by atoms with Crippen LogP contribution in [0, 0.1) is 0 Å². The smallest absolute Gasteiger partial charge is 0.0499 e.